The highest BCUT2D eigenvalue weighted by Crippen LogP contribution is 2.21. The van der Waals surface area contributed by atoms with Crippen LogP contribution in [0.5, 0.6) is 0 Å². The second-order valence-corrected chi connectivity index (χ2v) is 3.86. The van der Waals surface area contributed by atoms with Crippen LogP contribution in [0.2, 0.25) is 0 Å². The van der Waals surface area contributed by atoms with E-state index in [9.17, 15) is 4.79 Å². The minimum Gasteiger partial charge on any atom is -0.375 e. The highest BCUT2D eigenvalue weighted by molar-refractivity contribution is 5.97. The van der Waals surface area contributed by atoms with Crippen molar-refractivity contribution in [2.45, 2.75) is 13.3 Å². The van der Waals surface area contributed by atoms with Crippen molar-refractivity contribution in [1.29, 1.82) is 0 Å². The minimum atomic E-state index is 0.0574. The van der Waals surface area contributed by atoms with Crippen LogP contribution >= 0.6 is 0 Å². The van der Waals surface area contributed by atoms with Crippen LogP contribution in [-0.4, -0.2) is 26.0 Å². The van der Waals surface area contributed by atoms with Gasteiger partial charge in [0.25, 0.3) is 5.91 Å². The summed E-state index contributed by atoms with van der Waals surface area (Å²) in [5, 5.41) is 2.85. The molecule has 0 aliphatic carbocycles. The van der Waals surface area contributed by atoms with E-state index < -0.39 is 0 Å². The lowest BCUT2D eigenvalue weighted by Crippen LogP contribution is -2.32. The summed E-state index contributed by atoms with van der Waals surface area (Å²) in [7, 11) is 2.06. The van der Waals surface area contributed by atoms with Gasteiger partial charge in [-0.3, -0.25) is 4.79 Å². The Labute approximate surface area is 90.1 Å². The summed E-state index contributed by atoms with van der Waals surface area (Å²) in [6, 6.07) is 6.05. The number of nitrogens with one attached hydrogen (secondary N) is 1. The quantitative estimate of drug-likeness (QED) is 0.790. The monoisotopic (exact) mass is 204 g/mol. The van der Waals surface area contributed by atoms with Gasteiger partial charge >= 0.3 is 0 Å². The summed E-state index contributed by atoms with van der Waals surface area (Å²) in [4.78, 5) is 13.7. The predicted octanol–water partition coefficient (Wildman–Crippen LogP) is 1.43. The third-order valence-electron chi connectivity index (χ3n) is 2.93. The Hall–Kier alpha value is -1.51. The number of hydrogen-bond donors (Lipinski definition) is 1. The Kier molecular flexibility index (Phi) is 2.62. The zero-order chi connectivity index (χ0) is 10.8. The third-order valence-corrected chi connectivity index (χ3v) is 2.93. The second-order valence-electron chi connectivity index (χ2n) is 3.86. The SMILES string of the molecule is CCN(C)c1ccc2c(c1)CCNC2=O. The summed E-state index contributed by atoms with van der Waals surface area (Å²) in [6.45, 7) is 3.85. The highest BCUT2D eigenvalue weighted by Gasteiger charge is 2.16. The van der Waals surface area contributed by atoms with E-state index in [0.717, 1.165) is 30.6 Å². The molecule has 80 valence electrons. The Morgan fingerprint density at radius 2 is 2.27 bits per heavy atom. The van der Waals surface area contributed by atoms with Gasteiger partial charge in [0.2, 0.25) is 0 Å². The van der Waals surface area contributed by atoms with E-state index in [4.69, 9.17) is 0 Å². The molecule has 0 radical (unpaired) electrons. The van der Waals surface area contributed by atoms with Crippen LogP contribution in [0.25, 0.3) is 0 Å². The van der Waals surface area contributed by atoms with Gasteiger partial charge in [0.15, 0.2) is 0 Å². The average Bonchev–Trinajstić information content (AvgIpc) is 2.28. The number of carbonyl (C=O) groups is 1. The molecule has 0 bridgehead atoms. The lowest BCUT2D eigenvalue weighted by Gasteiger charge is -2.21. The molecule has 0 atom stereocenters. The van der Waals surface area contributed by atoms with E-state index >= 15 is 0 Å². The molecule has 15 heavy (non-hydrogen) atoms. The lowest BCUT2D eigenvalue weighted by molar-refractivity contribution is 0.0946. The van der Waals surface area contributed by atoms with Crippen molar-refractivity contribution in [2.75, 3.05) is 25.0 Å². The number of anilines is 1. The van der Waals surface area contributed by atoms with Crippen molar-refractivity contribution in [3.63, 3.8) is 0 Å². The van der Waals surface area contributed by atoms with Crippen molar-refractivity contribution >= 4 is 11.6 Å². The minimum absolute atomic E-state index is 0.0574. The maximum absolute atomic E-state index is 11.5. The summed E-state index contributed by atoms with van der Waals surface area (Å²) >= 11 is 0. The average molecular weight is 204 g/mol. The number of nitrogens with zero attached hydrogens (tertiary/aromatic N) is 1. The number of benzene rings is 1. The molecule has 1 aromatic rings. The zero-order valence-electron chi connectivity index (χ0n) is 9.21. The third kappa shape index (κ3) is 1.82. The van der Waals surface area contributed by atoms with Crippen molar-refractivity contribution in [1.82, 2.24) is 5.32 Å². The Morgan fingerprint density at radius 3 is 3.00 bits per heavy atom. The Morgan fingerprint density at radius 1 is 1.47 bits per heavy atom. The van der Waals surface area contributed by atoms with Crippen LogP contribution < -0.4 is 10.2 Å². The maximum atomic E-state index is 11.5. The molecule has 1 aliphatic heterocycles. The maximum Gasteiger partial charge on any atom is 0.251 e. The Bertz CT molecular complexity index is 387. The molecule has 0 spiro atoms. The van der Waals surface area contributed by atoms with Crippen LogP contribution in [0.4, 0.5) is 5.69 Å². The summed E-state index contributed by atoms with van der Waals surface area (Å²) in [5.41, 5.74) is 3.18. The fourth-order valence-electron chi connectivity index (χ4n) is 1.83. The van der Waals surface area contributed by atoms with E-state index in [1.54, 1.807) is 0 Å². The number of rotatable bonds is 2. The first-order valence-corrected chi connectivity index (χ1v) is 5.34. The van der Waals surface area contributed by atoms with Gasteiger partial charge in [-0.15, -0.1) is 0 Å². The van der Waals surface area contributed by atoms with Crippen molar-refractivity contribution in [3.8, 4) is 0 Å². The van der Waals surface area contributed by atoms with Crippen LogP contribution in [0.15, 0.2) is 18.2 Å². The largest absolute Gasteiger partial charge is 0.375 e. The number of carbonyl (C=O) groups excluding carboxylic acids is 1. The van der Waals surface area contributed by atoms with Gasteiger partial charge in [-0.25, -0.2) is 0 Å². The van der Waals surface area contributed by atoms with Crippen LogP contribution in [-0.2, 0) is 6.42 Å². The van der Waals surface area contributed by atoms with Gasteiger partial charge in [-0.1, -0.05) is 0 Å². The standard InChI is InChI=1S/C12H16N2O/c1-3-14(2)10-4-5-11-9(8-10)6-7-13-12(11)15/h4-5,8H,3,6-7H2,1-2H3,(H,13,15). The molecule has 1 amide bonds. The number of fused-ring (bicyclic) bond motifs is 1. The topological polar surface area (TPSA) is 32.3 Å². The van der Waals surface area contributed by atoms with Crippen LogP contribution in [0.3, 0.4) is 0 Å². The molecule has 1 aliphatic rings. The van der Waals surface area contributed by atoms with Gasteiger partial charge in [0, 0.05) is 31.4 Å². The molecule has 2 rings (SSSR count). The normalized spacial score (nSPS) is 14.4. The molecule has 0 saturated heterocycles. The lowest BCUT2D eigenvalue weighted by atomic mass is 9.99. The van der Waals surface area contributed by atoms with E-state index in [2.05, 4.69) is 30.3 Å². The fraction of sp³-hybridized carbons (Fsp3) is 0.417. The molecule has 0 aromatic heterocycles. The van der Waals surface area contributed by atoms with Crippen molar-refractivity contribution < 1.29 is 4.79 Å². The fourth-order valence-corrected chi connectivity index (χ4v) is 1.83. The highest BCUT2D eigenvalue weighted by atomic mass is 16.1. The first-order chi connectivity index (χ1) is 7.22. The van der Waals surface area contributed by atoms with Gasteiger partial charge < -0.3 is 10.2 Å². The smallest absolute Gasteiger partial charge is 0.251 e. The van der Waals surface area contributed by atoms with Gasteiger partial charge in [-0.2, -0.15) is 0 Å². The molecule has 3 heteroatoms. The zero-order valence-corrected chi connectivity index (χ0v) is 9.21. The van der Waals surface area contributed by atoms with E-state index in [1.165, 1.54) is 5.69 Å². The van der Waals surface area contributed by atoms with Crippen LogP contribution in [0, 0.1) is 0 Å². The summed E-state index contributed by atoms with van der Waals surface area (Å²) in [5.74, 6) is 0.0574. The van der Waals surface area contributed by atoms with Gasteiger partial charge in [-0.05, 0) is 37.1 Å². The molecule has 0 fully saturated rings. The van der Waals surface area contributed by atoms with E-state index in [1.807, 2.05) is 12.1 Å². The van der Waals surface area contributed by atoms with Crippen LogP contribution in [0.1, 0.15) is 22.8 Å². The molecule has 1 aromatic carbocycles. The summed E-state index contributed by atoms with van der Waals surface area (Å²) in [6.07, 6.45) is 0.937. The molecule has 0 unspecified atom stereocenters. The van der Waals surface area contributed by atoms with Crippen molar-refractivity contribution in [3.05, 3.63) is 29.3 Å². The molecule has 1 N–H and O–H groups in total. The molecule has 1 heterocycles. The van der Waals surface area contributed by atoms with Gasteiger partial charge in [0.05, 0.1) is 0 Å². The molecule has 3 nitrogen and oxygen atoms in total. The Balaban J connectivity index is 2.37. The number of hydrogen-bond acceptors (Lipinski definition) is 2. The van der Waals surface area contributed by atoms with Crippen molar-refractivity contribution in [2.24, 2.45) is 0 Å². The first kappa shape index (κ1) is 10.0. The molecular formula is C12H16N2O. The summed E-state index contributed by atoms with van der Waals surface area (Å²) < 4.78 is 0. The molecular weight excluding hydrogens is 188 g/mol. The molecule has 0 saturated carbocycles. The van der Waals surface area contributed by atoms with Gasteiger partial charge in [0.1, 0.15) is 0 Å². The van der Waals surface area contributed by atoms with E-state index in [0.29, 0.717) is 0 Å². The first-order valence-electron chi connectivity index (χ1n) is 5.34. The second kappa shape index (κ2) is 3.93. The number of amides is 1. The predicted molar refractivity (Wildman–Crippen MR) is 61.4 cm³/mol. The van der Waals surface area contributed by atoms with E-state index in [-0.39, 0.29) is 5.91 Å².